The van der Waals surface area contributed by atoms with E-state index < -0.39 is 228 Å². The van der Waals surface area contributed by atoms with Crippen molar-refractivity contribution in [3.8, 4) is 57.1 Å². The summed E-state index contributed by atoms with van der Waals surface area (Å²) in [6.45, 7) is 11.3. The molecule has 4 saturated carbocycles. The van der Waals surface area contributed by atoms with E-state index >= 15 is 28.8 Å². The summed E-state index contributed by atoms with van der Waals surface area (Å²) in [6, 6.07) is 7.36. The monoisotopic (exact) mass is 1720 g/mol. The maximum atomic E-state index is 16.8. The number of phenols is 3. The Balaban J connectivity index is 1.02. The van der Waals surface area contributed by atoms with E-state index in [1.165, 1.54) is 62.4 Å². The molecule has 7 heterocycles. The van der Waals surface area contributed by atoms with Crippen LogP contribution in [0.2, 0.25) is 10.0 Å². The smallest absolute Gasteiger partial charge is 0.246 e. The van der Waals surface area contributed by atoms with E-state index in [2.05, 4.69) is 26.6 Å². The molecule has 654 valence electrons. The molecule has 1 unspecified atom stereocenters. The van der Waals surface area contributed by atoms with Gasteiger partial charge in [0.25, 0.3) is 0 Å². The van der Waals surface area contributed by atoms with Crippen LogP contribution < -0.4 is 46.5 Å². The Kier molecular flexibility index (Phi) is 28.0. The topological polar surface area (TPSA) is 477 Å². The molecule has 15 bridgehead atoms. The number of aromatic hydroxyl groups is 3. The molecule has 2 saturated heterocycles. The van der Waals surface area contributed by atoms with Gasteiger partial charge in [0.1, 0.15) is 83.4 Å². The summed E-state index contributed by atoms with van der Waals surface area (Å²) in [5.41, 5.74) is 3.66. The highest BCUT2D eigenvalue weighted by molar-refractivity contribution is 6.32. The first-order chi connectivity index (χ1) is 57.5. The van der Waals surface area contributed by atoms with Crippen molar-refractivity contribution >= 4 is 76.0 Å². The fourth-order valence-corrected chi connectivity index (χ4v) is 19.8. The number of aliphatic hydroxyl groups excluding tert-OH is 6. The third kappa shape index (κ3) is 19.7. The van der Waals surface area contributed by atoms with Gasteiger partial charge in [0, 0.05) is 66.7 Å². The summed E-state index contributed by atoms with van der Waals surface area (Å²) >= 11 is 14.6. The van der Waals surface area contributed by atoms with E-state index in [9.17, 15) is 60.3 Å². The quantitative estimate of drug-likeness (QED) is 0.0304. The van der Waals surface area contributed by atoms with Gasteiger partial charge in [-0.15, -0.1) is 0 Å². The maximum Gasteiger partial charge on any atom is 0.246 e. The minimum Gasteiger partial charge on any atom is -0.508 e. The van der Waals surface area contributed by atoms with Crippen LogP contribution in [0.15, 0.2) is 78.9 Å². The molecule has 11 aliphatic rings. The highest BCUT2D eigenvalue weighted by Gasteiger charge is 2.53. The third-order valence-corrected chi connectivity index (χ3v) is 26.3. The zero-order valence-corrected chi connectivity index (χ0v) is 70.1. The van der Waals surface area contributed by atoms with Crippen molar-refractivity contribution in [1.82, 2.24) is 26.6 Å². The largest absolute Gasteiger partial charge is 0.508 e. The summed E-state index contributed by atoms with van der Waals surface area (Å²) in [4.78, 5) is 139. The summed E-state index contributed by atoms with van der Waals surface area (Å²) in [5.74, 6) is -17.1. The Bertz CT molecular complexity index is 4730. The van der Waals surface area contributed by atoms with Gasteiger partial charge in [0.2, 0.25) is 47.5 Å². The van der Waals surface area contributed by atoms with Crippen LogP contribution in [0.3, 0.4) is 0 Å². The van der Waals surface area contributed by atoms with Crippen LogP contribution in [0.4, 0.5) is 0 Å². The van der Waals surface area contributed by atoms with E-state index in [1.807, 2.05) is 20.8 Å². The molecule has 5 aromatic rings. The van der Waals surface area contributed by atoms with Gasteiger partial charge in [0.05, 0.1) is 40.7 Å². The second-order valence-electron chi connectivity index (χ2n) is 35.2. The number of unbranched alkanes of at least 4 members (excludes halogenated alkanes) is 3. The van der Waals surface area contributed by atoms with Crippen LogP contribution in [0.1, 0.15) is 216 Å². The number of ether oxygens (including phenoxy) is 6. The molecule has 5 aromatic carbocycles. The average Bonchev–Trinajstić information content (AvgIpc) is 0.758. The Morgan fingerprint density at radius 1 is 0.678 bits per heavy atom. The van der Waals surface area contributed by atoms with Crippen LogP contribution in [0, 0.1) is 53.3 Å². The molecule has 32 heteroatoms. The molecule has 0 aromatic heterocycles. The summed E-state index contributed by atoms with van der Waals surface area (Å²) in [6.07, 6.45) is -11.6. The number of nitrogens with two attached hydrogens (primary N) is 1. The van der Waals surface area contributed by atoms with E-state index in [1.54, 1.807) is 13.8 Å². The highest BCUT2D eigenvalue weighted by Crippen LogP contribution is 2.59. The second-order valence-corrected chi connectivity index (χ2v) is 36.0. The van der Waals surface area contributed by atoms with Crippen molar-refractivity contribution in [2.45, 2.75) is 255 Å². The third-order valence-electron chi connectivity index (χ3n) is 25.7. The number of carbonyl (C=O) groups is 9. The predicted octanol–water partition coefficient (Wildman–Crippen LogP) is 9.23. The molecular weight excluding hydrogens is 1610 g/mol. The highest BCUT2D eigenvalue weighted by atomic mass is 35.5. The molecule has 30 nitrogen and oxygen atoms in total. The Morgan fingerprint density at radius 3 is 1.93 bits per heavy atom. The number of phenolic OH excluding ortho intramolecular Hbond substituents is 3. The van der Waals surface area contributed by atoms with Gasteiger partial charge < -0.3 is 101 Å². The van der Waals surface area contributed by atoms with Gasteiger partial charge >= 0.3 is 0 Å². The number of aliphatic hydroxyl groups is 6. The summed E-state index contributed by atoms with van der Waals surface area (Å²) < 4.78 is 39.2. The first-order valence-corrected chi connectivity index (χ1v) is 42.8. The normalized spacial score (nSPS) is 31.4. The van der Waals surface area contributed by atoms with Crippen molar-refractivity contribution in [3.63, 3.8) is 0 Å². The second kappa shape index (κ2) is 37.7. The van der Waals surface area contributed by atoms with Crippen molar-refractivity contribution in [1.29, 1.82) is 0 Å². The molecule has 6 fully saturated rings. The zero-order chi connectivity index (χ0) is 87.1. The molecule has 0 spiro atoms. The van der Waals surface area contributed by atoms with Crippen LogP contribution in [-0.2, 0) is 57.4 Å². The van der Waals surface area contributed by atoms with Gasteiger partial charge in [-0.1, -0.05) is 102 Å². The summed E-state index contributed by atoms with van der Waals surface area (Å²) in [7, 11) is 0. The van der Waals surface area contributed by atoms with Gasteiger partial charge in [-0.2, -0.15) is 0 Å². The van der Waals surface area contributed by atoms with E-state index in [4.69, 9.17) is 57.4 Å². The number of imide groups is 1. The van der Waals surface area contributed by atoms with Gasteiger partial charge in [-0.3, -0.25) is 48.5 Å². The fraction of sp³-hybridized carbons (Fsp3) is 0.562. The average molecular weight is 1720 g/mol. The van der Waals surface area contributed by atoms with E-state index in [0.717, 1.165) is 81.7 Å². The number of hydrogen-bond donors (Lipinski definition) is 15. The number of Topliss-reactive ketones (excluding diaryl/α,β-unsaturated/α-hetero) is 3. The Morgan fingerprint density at radius 2 is 1.32 bits per heavy atom. The lowest BCUT2D eigenvalue weighted by Crippen LogP contribution is -2.64. The molecular formula is C89H110Cl2N6O24. The van der Waals surface area contributed by atoms with Gasteiger partial charge in [-0.05, 0) is 183 Å². The molecule has 16 N–H and O–H groups in total. The van der Waals surface area contributed by atoms with Crippen molar-refractivity contribution in [2.24, 2.45) is 59.0 Å². The number of amides is 6. The maximum absolute atomic E-state index is 16.8. The fourth-order valence-electron chi connectivity index (χ4n) is 19.3. The molecule has 16 rings (SSSR count). The molecule has 6 amide bonds. The van der Waals surface area contributed by atoms with Gasteiger partial charge in [-0.25, -0.2) is 0 Å². The van der Waals surface area contributed by atoms with Gasteiger partial charge in [0.15, 0.2) is 41.2 Å². The first-order valence-electron chi connectivity index (χ1n) is 42.1. The van der Waals surface area contributed by atoms with Crippen LogP contribution in [-0.4, -0.2) is 172 Å². The van der Waals surface area contributed by atoms with Crippen LogP contribution in [0.25, 0.3) is 11.1 Å². The minimum atomic E-state index is -2.22. The number of halogens is 2. The first kappa shape index (κ1) is 89.9. The lowest BCUT2D eigenvalue weighted by atomic mass is 9.51. The number of benzene rings is 5. The van der Waals surface area contributed by atoms with E-state index in [-0.39, 0.29) is 103 Å². The van der Waals surface area contributed by atoms with Crippen molar-refractivity contribution in [2.75, 3.05) is 6.61 Å². The number of hydrogen-bond acceptors (Lipinski definition) is 25. The SMILES string of the molecule is CCCCCCC(C)C(=O)NC(=O)C[C@@H]1CC(=O)[C@H](NC(=O)[C@H](CC)CC(C)C)[C@H](O)c2ccc(c(Cl)c2)Oc2cc3cc(c2O[C@@H]2O[C@H](CO)[C@@H](O)[C@H](O)[C@H]2O[C@H]2C[C@](C)(N)[C@H](O)[C@H](C)O2)Oc2ccc(cc2Cl)[C@@H](O)[C@@H]2NC(=O)[C@H](CC(=O)[C@@H]3NC1=O)c1ccc(O)c(c1)-c1c(O)cc(O)cc1[C@@H](C(=O)CC1C3CC4CC(C3)CC1C4)NC2=O. The van der Waals surface area contributed by atoms with Crippen LogP contribution >= 0.6 is 23.2 Å². The lowest BCUT2D eigenvalue weighted by Gasteiger charge is -2.54. The Hall–Kier alpha value is -8.89. The zero-order valence-electron chi connectivity index (χ0n) is 68.6. The molecule has 4 aliphatic carbocycles. The molecule has 121 heavy (non-hydrogen) atoms. The molecule has 19 atom stereocenters. The predicted molar refractivity (Wildman–Crippen MR) is 437 cm³/mol. The lowest BCUT2D eigenvalue weighted by molar-refractivity contribution is -0.333. The molecule has 7 aliphatic heterocycles. The van der Waals surface area contributed by atoms with Crippen LogP contribution in [0.5, 0.6) is 46.0 Å². The number of rotatable bonds is 21. The number of carbonyl (C=O) groups excluding carboxylic acids is 9. The summed E-state index contributed by atoms with van der Waals surface area (Å²) in [5, 5.41) is 120. The standard InChI is InChI=1S/C89H110Cl2N6O24/c1-8-10-11-12-13-40(5)83(111)93-69(105)32-51-29-61(102)74(96-84(112)44(9-2)20-39(3)4)76(106)46-15-18-64(57(90)27-46)117-66-30-50-31-67(80(66)121-88-81(79(109)78(108)68(38-98)119-88)120-70-37-89(7,92)82(110)41(6)116-70)118-65-19-16-47(28-58(65)91)77(107)75-87(115)95-73(63(104)35-53-48-22-42-21-43(24-48)25-49(53)23-42)56-33-52(99)34-60(101)71(56)55-26-45(14-17-59(55)100)54(86(114)97-75)36-62(103)72(50)94-85(51)113/h14-19,26-28,30-31,33-34,39-44,48-49,51,53-54,68,70,72-79,81-82,88,98-101,106-110H,8-13,20-25,29,32,35-38,92H2,1-7H3,(H,94,113)(H,95,115)(H,96,112)(H,97,114)(H,93,105,111)/t40?,41-,42?,43?,44+,48?,49?,51-,53?,54+,68+,70-,72+,73-,74-,75-,76+,77+,78+,79-,81+,82+,88-,89-/m0/s1. The Labute approximate surface area is 710 Å². The minimum absolute atomic E-state index is 0.0350. The number of nitrogens with one attached hydrogen (secondary N) is 5. The van der Waals surface area contributed by atoms with E-state index in [0.29, 0.717) is 31.1 Å². The van der Waals surface area contributed by atoms with Crippen molar-refractivity contribution in [3.05, 3.63) is 117 Å². The molecule has 0 radical (unpaired) electrons. The van der Waals surface area contributed by atoms with Crippen molar-refractivity contribution < 1.29 is 118 Å². The number of fused-ring (bicyclic) bond motifs is 15. The number of ketones is 3.